The Morgan fingerprint density at radius 3 is 2.25 bits per heavy atom. The van der Waals surface area contributed by atoms with E-state index in [0.717, 1.165) is 12.0 Å². The molecule has 1 atom stereocenters. The number of benzene rings is 1. The zero-order chi connectivity index (χ0) is 15.1. The normalized spacial score (nSPS) is 12.4. The quantitative estimate of drug-likeness (QED) is 0.717. The maximum Gasteiger partial charge on any atom is 0.305 e. The molecule has 4 nitrogen and oxygen atoms in total. The van der Waals surface area contributed by atoms with E-state index in [1.807, 2.05) is 19.1 Å². The Morgan fingerprint density at radius 1 is 1.20 bits per heavy atom. The SMILES string of the molecule is CCCNC(CC(=O)O)C(=O)c1ccc(C(C)C)cc1. The molecule has 0 fully saturated rings. The van der Waals surface area contributed by atoms with Gasteiger partial charge in [0.1, 0.15) is 0 Å². The molecular weight excluding hydrogens is 254 g/mol. The van der Waals surface area contributed by atoms with Crippen molar-refractivity contribution in [3.8, 4) is 0 Å². The number of hydrogen-bond donors (Lipinski definition) is 2. The van der Waals surface area contributed by atoms with E-state index in [2.05, 4.69) is 19.2 Å². The van der Waals surface area contributed by atoms with Crippen LogP contribution in [0.25, 0.3) is 0 Å². The number of Topliss-reactive ketones (excluding diaryl/α,β-unsaturated/α-hetero) is 1. The molecule has 0 bridgehead atoms. The maximum absolute atomic E-state index is 12.3. The molecule has 1 aromatic carbocycles. The van der Waals surface area contributed by atoms with Gasteiger partial charge in [0.15, 0.2) is 5.78 Å². The average Bonchev–Trinajstić information content (AvgIpc) is 2.42. The Hall–Kier alpha value is -1.68. The molecule has 110 valence electrons. The van der Waals surface area contributed by atoms with E-state index in [1.54, 1.807) is 12.1 Å². The zero-order valence-corrected chi connectivity index (χ0v) is 12.3. The topological polar surface area (TPSA) is 66.4 Å². The monoisotopic (exact) mass is 277 g/mol. The van der Waals surface area contributed by atoms with Crippen molar-refractivity contribution in [2.75, 3.05) is 6.54 Å². The molecule has 4 heteroatoms. The third-order valence-corrected chi connectivity index (χ3v) is 3.20. The summed E-state index contributed by atoms with van der Waals surface area (Å²) in [7, 11) is 0. The number of carboxylic acids is 1. The van der Waals surface area contributed by atoms with Crippen molar-refractivity contribution in [2.45, 2.75) is 45.6 Å². The molecule has 0 aliphatic rings. The van der Waals surface area contributed by atoms with E-state index in [1.165, 1.54) is 0 Å². The molecule has 1 unspecified atom stereocenters. The Bertz CT molecular complexity index is 451. The fraction of sp³-hybridized carbons (Fsp3) is 0.500. The van der Waals surface area contributed by atoms with Crippen molar-refractivity contribution in [1.29, 1.82) is 0 Å². The Morgan fingerprint density at radius 2 is 1.80 bits per heavy atom. The summed E-state index contributed by atoms with van der Waals surface area (Å²) in [6.07, 6.45) is 0.667. The van der Waals surface area contributed by atoms with Gasteiger partial charge in [0.2, 0.25) is 0 Å². The highest BCUT2D eigenvalue weighted by atomic mass is 16.4. The smallest absolute Gasteiger partial charge is 0.305 e. The average molecular weight is 277 g/mol. The fourth-order valence-electron chi connectivity index (χ4n) is 1.98. The molecule has 0 saturated heterocycles. The largest absolute Gasteiger partial charge is 0.481 e. The van der Waals surface area contributed by atoms with Crippen LogP contribution in [0, 0.1) is 0 Å². The molecule has 0 spiro atoms. The van der Waals surface area contributed by atoms with E-state index >= 15 is 0 Å². The van der Waals surface area contributed by atoms with Crippen LogP contribution in [0.1, 0.15) is 55.5 Å². The summed E-state index contributed by atoms with van der Waals surface area (Å²) in [5, 5.41) is 11.9. The van der Waals surface area contributed by atoms with Crippen LogP contribution in [0.3, 0.4) is 0 Å². The summed E-state index contributed by atoms with van der Waals surface area (Å²) >= 11 is 0. The number of hydrogen-bond acceptors (Lipinski definition) is 3. The Labute approximate surface area is 120 Å². The van der Waals surface area contributed by atoms with E-state index in [-0.39, 0.29) is 12.2 Å². The van der Waals surface area contributed by atoms with Gasteiger partial charge < -0.3 is 10.4 Å². The molecule has 0 saturated carbocycles. The highest BCUT2D eigenvalue weighted by Gasteiger charge is 2.22. The number of carbonyl (C=O) groups is 2. The lowest BCUT2D eigenvalue weighted by atomic mass is 9.97. The molecule has 1 rings (SSSR count). The minimum atomic E-state index is -0.967. The molecule has 0 heterocycles. The van der Waals surface area contributed by atoms with Crippen LogP contribution in [0.15, 0.2) is 24.3 Å². The lowest BCUT2D eigenvalue weighted by molar-refractivity contribution is -0.137. The van der Waals surface area contributed by atoms with Gasteiger partial charge in [0.05, 0.1) is 12.5 Å². The minimum absolute atomic E-state index is 0.156. The number of carboxylic acid groups (broad SMARTS) is 1. The molecule has 0 amide bonds. The van der Waals surface area contributed by atoms with Crippen molar-refractivity contribution in [2.24, 2.45) is 0 Å². The predicted octanol–water partition coefficient (Wildman–Crippen LogP) is 2.84. The van der Waals surface area contributed by atoms with Crippen LogP contribution in [-0.2, 0) is 4.79 Å². The molecule has 1 aromatic rings. The minimum Gasteiger partial charge on any atom is -0.481 e. The van der Waals surface area contributed by atoms with E-state index in [9.17, 15) is 9.59 Å². The van der Waals surface area contributed by atoms with Crippen LogP contribution >= 0.6 is 0 Å². The summed E-state index contributed by atoms with van der Waals surface area (Å²) in [5.74, 6) is -0.714. The van der Waals surface area contributed by atoms with Gasteiger partial charge in [-0.1, -0.05) is 45.0 Å². The van der Waals surface area contributed by atoms with Crippen LogP contribution in [-0.4, -0.2) is 29.4 Å². The Balaban J connectivity index is 2.84. The first-order valence-electron chi connectivity index (χ1n) is 7.05. The maximum atomic E-state index is 12.3. The van der Waals surface area contributed by atoms with Crippen LogP contribution in [0.4, 0.5) is 0 Å². The van der Waals surface area contributed by atoms with Gasteiger partial charge in [-0.05, 0) is 24.4 Å². The van der Waals surface area contributed by atoms with Crippen molar-refractivity contribution in [3.05, 3.63) is 35.4 Å². The van der Waals surface area contributed by atoms with E-state index < -0.39 is 12.0 Å². The molecule has 0 aromatic heterocycles. The van der Waals surface area contributed by atoms with Crippen LogP contribution in [0.2, 0.25) is 0 Å². The zero-order valence-electron chi connectivity index (χ0n) is 12.3. The fourth-order valence-corrected chi connectivity index (χ4v) is 1.98. The van der Waals surface area contributed by atoms with E-state index in [4.69, 9.17) is 5.11 Å². The van der Waals surface area contributed by atoms with Gasteiger partial charge in [-0.25, -0.2) is 0 Å². The molecule has 0 aliphatic carbocycles. The lowest BCUT2D eigenvalue weighted by Crippen LogP contribution is -2.39. The molecule has 20 heavy (non-hydrogen) atoms. The first-order valence-corrected chi connectivity index (χ1v) is 7.05. The predicted molar refractivity (Wildman–Crippen MR) is 79.2 cm³/mol. The third kappa shape index (κ3) is 4.78. The lowest BCUT2D eigenvalue weighted by Gasteiger charge is -2.16. The number of aliphatic carboxylic acids is 1. The van der Waals surface area contributed by atoms with Gasteiger partial charge in [-0.3, -0.25) is 9.59 Å². The van der Waals surface area contributed by atoms with Crippen molar-refractivity contribution >= 4 is 11.8 Å². The van der Waals surface area contributed by atoms with Gasteiger partial charge in [0.25, 0.3) is 0 Å². The van der Waals surface area contributed by atoms with Crippen LogP contribution < -0.4 is 5.32 Å². The number of ketones is 1. The second kappa shape index (κ2) is 7.80. The second-order valence-corrected chi connectivity index (χ2v) is 5.25. The summed E-state index contributed by atoms with van der Waals surface area (Å²) in [5.41, 5.74) is 1.72. The molecule has 0 radical (unpaired) electrons. The standard InChI is InChI=1S/C16H23NO3/c1-4-9-17-14(10-15(18)19)16(20)13-7-5-12(6-8-13)11(2)3/h5-8,11,14,17H,4,9-10H2,1-3H3,(H,18,19). The van der Waals surface area contributed by atoms with Gasteiger partial charge in [-0.2, -0.15) is 0 Å². The summed E-state index contributed by atoms with van der Waals surface area (Å²) in [4.78, 5) is 23.2. The molecule has 2 N–H and O–H groups in total. The molecular formula is C16H23NO3. The van der Waals surface area contributed by atoms with Gasteiger partial charge >= 0.3 is 5.97 Å². The third-order valence-electron chi connectivity index (χ3n) is 3.20. The van der Waals surface area contributed by atoms with Crippen molar-refractivity contribution in [1.82, 2.24) is 5.32 Å². The van der Waals surface area contributed by atoms with Gasteiger partial charge in [0, 0.05) is 5.56 Å². The first-order chi connectivity index (χ1) is 9.45. The Kier molecular flexibility index (Phi) is 6.39. The highest BCUT2D eigenvalue weighted by Crippen LogP contribution is 2.16. The first kappa shape index (κ1) is 16.4. The van der Waals surface area contributed by atoms with Gasteiger partial charge in [-0.15, -0.1) is 0 Å². The van der Waals surface area contributed by atoms with Crippen LogP contribution in [0.5, 0.6) is 0 Å². The summed E-state index contributed by atoms with van der Waals surface area (Å²) < 4.78 is 0. The number of carbonyl (C=O) groups excluding carboxylic acids is 1. The summed E-state index contributed by atoms with van der Waals surface area (Å²) in [6, 6.07) is 6.75. The van der Waals surface area contributed by atoms with Crippen molar-refractivity contribution < 1.29 is 14.7 Å². The number of rotatable bonds is 8. The highest BCUT2D eigenvalue weighted by molar-refractivity contribution is 6.01. The summed E-state index contributed by atoms with van der Waals surface area (Å²) in [6.45, 7) is 6.79. The van der Waals surface area contributed by atoms with E-state index in [0.29, 0.717) is 18.0 Å². The number of nitrogens with one attached hydrogen (secondary N) is 1. The van der Waals surface area contributed by atoms with Crippen molar-refractivity contribution in [3.63, 3.8) is 0 Å². The second-order valence-electron chi connectivity index (χ2n) is 5.25. The molecule has 0 aliphatic heterocycles.